The number of carbonyl (C=O) groups excluding carboxylic acids is 1. The van der Waals surface area contributed by atoms with Gasteiger partial charge in [-0.2, -0.15) is 0 Å². The van der Waals surface area contributed by atoms with E-state index in [2.05, 4.69) is 31.5 Å². The van der Waals surface area contributed by atoms with E-state index in [1.54, 1.807) is 24.8 Å². The zero-order valence-electron chi connectivity index (χ0n) is 20.7. The maximum Gasteiger partial charge on any atom is 0.316 e. The predicted molar refractivity (Wildman–Crippen MR) is 131 cm³/mol. The van der Waals surface area contributed by atoms with Crippen LogP contribution in [0.1, 0.15) is 62.5 Å². The molecule has 35 heavy (non-hydrogen) atoms. The van der Waals surface area contributed by atoms with Crippen LogP contribution in [0.2, 0.25) is 0 Å². The molecule has 3 heterocycles. The van der Waals surface area contributed by atoms with Crippen molar-refractivity contribution in [1.82, 2.24) is 19.9 Å². The summed E-state index contributed by atoms with van der Waals surface area (Å²) in [5.41, 5.74) is 2.05. The normalized spacial score (nSPS) is 19.8. The van der Waals surface area contributed by atoms with Crippen molar-refractivity contribution in [2.75, 3.05) is 19.6 Å². The summed E-state index contributed by atoms with van der Waals surface area (Å²) in [7, 11) is 0. The molecule has 0 amide bonds. The number of rotatable bonds is 4. The molecule has 9 nitrogen and oxygen atoms in total. The number of hydrogen-bond donors (Lipinski definition) is 0. The molecule has 2 saturated carbocycles. The molecule has 5 rings (SSSR count). The van der Waals surface area contributed by atoms with Crippen LogP contribution in [-0.4, -0.2) is 63.3 Å². The molecule has 1 saturated heterocycles. The van der Waals surface area contributed by atoms with E-state index in [9.17, 15) is 4.79 Å². The Bertz CT molecular complexity index is 887. The second-order valence-corrected chi connectivity index (χ2v) is 8.87. The van der Waals surface area contributed by atoms with E-state index in [4.69, 9.17) is 18.9 Å². The molecule has 2 aromatic rings. The minimum atomic E-state index is -0.325. The Balaban J connectivity index is 0.000000186. The minimum Gasteiger partial charge on any atom is -0.460 e. The van der Waals surface area contributed by atoms with Gasteiger partial charge in [0, 0.05) is 56.9 Å². The first-order valence-corrected chi connectivity index (χ1v) is 12.8. The zero-order valence-corrected chi connectivity index (χ0v) is 21.5. The van der Waals surface area contributed by atoms with E-state index >= 15 is 0 Å². The lowest BCUT2D eigenvalue weighted by Gasteiger charge is -2.34. The molecule has 0 radical (unpaired) electrons. The molecule has 192 valence electrons. The third-order valence-corrected chi connectivity index (χ3v) is 6.06. The van der Waals surface area contributed by atoms with Crippen LogP contribution in [0.15, 0.2) is 24.8 Å². The van der Waals surface area contributed by atoms with Crippen molar-refractivity contribution in [3.63, 3.8) is 0 Å². The molecule has 3 aliphatic rings. The third kappa shape index (κ3) is 8.66. The van der Waals surface area contributed by atoms with Gasteiger partial charge >= 0.3 is 12.0 Å². The van der Waals surface area contributed by atoms with Crippen LogP contribution in [0, 0.1) is 13.8 Å². The Morgan fingerprint density at radius 3 is 1.60 bits per heavy atom. The summed E-state index contributed by atoms with van der Waals surface area (Å²) in [5, 5.41) is 0. The maximum absolute atomic E-state index is 11.0. The molecular formula is C25H35ClN4O5. The lowest BCUT2D eigenvalue weighted by Crippen LogP contribution is -2.38. The van der Waals surface area contributed by atoms with Crippen molar-refractivity contribution in [1.29, 1.82) is 0 Å². The lowest BCUT2D eigenvalue weighted by atomic mass is 9.92. The number of halogens is 1. The van der Waals surface area contributed by atoms with E-state index in [-0.39, 0.29) is 18.0 Å². The molecule has 1 aliphatic heterocycles. The van der Waals surface area contributed by atoms with Crippen molar-refractivity contribution in [2.24, 2.45) is 0 Å². The fraction of sp³-hybridized carbons (Fsp3) is 0.640. The summed E-state index contributed by atoms with van der Waals surface area (Å²) >= 11 is 4.64. The largest absolute Gasteiger partial charge is 0.460 e. The van der Waals surface area contributed by atoms with Crippen molar-refractivity contribution >= 4 is 17.4 Å². The molecule has 0 bridgehead atoms. The van der Waals surface area contributed by atoms with Gasteiger partial charge in [-0.1, -0.05) is 0 Å². The number of alkyl halides is 1. The van der Waals surface area contributed by atoms with E-state index in [0.29, 0.717) is 43.9 Å². The monoisotopic (exact) mass is 506 g/mol. The highest BCUT2D eigenvalue weighted by atomic mass is 35.5. The van der Waals surface area contributed by atoms with Crippen LogP contribution in [0.3, 0.4) is 0 Å². The average molecular weight is 507 g/mol. The zero-order chi connectivity index (χ0) is 25.1. The molecule has 0 aromatic carbocycles. The van der Waals surface area contributed by atoms with Gasteiger partial charge < -0.3 is 18.9 Å². The first-order valence-electron chi connectivity index (χ1n) is 12.1. The molecule has 2 aliphatic carbocycles. The molecule has 10 heteroatoms. The van der Waals surface area contributed by atoms with Crippen LogP contribution in [-0.2, 0) is 14.3 Å². The maximum atomic E-state index is 11.0. The van der Waals surface area contributed by atoms with E-state index in [1.165, 1.54) is 6.38 Å². The highest BCUT2D eigenvalue weighted by Crippen LogP contribution is 2.36. The molecule has 0 atom stereocenters. The van der Waals surface area contributed by atoms with Crippen molar-refractivity contribution in [2.45, 2.75) is 83.2 Å². The summed E-state index contributed by atoms with van der Waals surface area (Å²) < 4.78 is 22.7. The topological polar surface area (TPSA) is 106 Å². The fourth-order valence-corrected chi connectivity index (χ4v) is 4.15. The summed E-state index contributed by atoms with van der Waals surface area (Å²) in [5.74, 6) is 0.00763. The van der Waals surface area contributed by atoms with Crippen molar-refractivity contribution < 1.29 is 23.7 Å². The van der Waals surface area contributed by atoms with Crippen LogP contribution in [0.5, 0.6) is 12.0 Å². The lowest BCUT2D eigenvalue weighted by molar-refractivity contribution is -0.186. The number of ketones is 1. The van der Waals surface area contributed by atoms with Crippen LogP contribution >= 0.6 is 11.6 Å². The summed E-state index contributed by atoms with van der Waals surface area (Å²) in [6.45, 7) is 5.32. The van der Waals surface area contributed by atoms with Crippen LogP contribution < -0.4 is 9.47 Å². The number of ether oxygens (including phenoxy) is 4. The Morgan fingerprint density at radius 1 is 0.771 bits per heavy atom. The van der Waals surface area contributed by atoms with Crippen molar-refractivity contribution in [3.8, 4) is 12.0 Å². The summed E-state index contributed by atoms with van der Waals surface area (Å²) in [4.78, 5) is 27.5. The number of Topliss-reactive ketones (excluding diaryl/α,β-unsaturated/α-hetero) is 1. The highest BCUT2D eigenvalue weighted by Gasteiger charge is 2.41. The number of aromatic nitrogens is 4. The first kappa shape index (κ1) is 27.2. The third-order valence-electron chi connectivity index (χ3n) is 6.06. The van der Waals surface area contributed by atoms with E-state index in [1.807, 2.05) is 13.8 Å². The van der Waals surface area contributed by atoms with Crippen LogP contribution in [0.4, 0.5) is 0 Å². The Labute approximate surface area is 211 Å². The van der Waals surface area contributed by atoms with E-state index in [0.717, 1.165) is 49.7 Å². The first-order chi connectivity index (χ1) is 17.0. The van der Waals surface area contributed by atoms with Gasteiger partial charge in [0.2, 0.25) is 0 Å². The van der Waals surface area contributed by atoms with Gasteiger partial charge in [-0.3, -0.25) is 4.79 Å². The van der Waals surface area contributed by atoms with E-state index < -0.39 is 0 Å². The molecule has 3 fully saturated rings. The van der Waals surface area contributed by atoms with Gasteiger partial charge in [0.25, 0.3) is 0 Å². The second-order valence-electron chi connectivity index (χ2n) is 8.87. The quantitative estimate of drug-likeness (QED) is 0.558. The number of carbonyl (C=O) groups is 1. The molecule has 2 aromatic heterocycles. The highest BCUT2D eigenvalue weighted by molar-refractivity contribution is 6.15. The van der Waals surface area contributed by atoms with Gasteiger partial charge in [-0.25, -0.2) is 19.9 Å². The van der Waals surface area contributed by atoms with Gasteiger partial charge in [-0.05, 0) is 50.7 Å². The Hall–Kier alpha value is -2.36. The Kier molecular flexibility index (Phi) is 10.6. The number of hydrogen-bond acceptors (Lipinski definition) is 9. The van der Waals surface area contributed by atoms with Crippen molar-refractivity contribution in [3.05, 3.63) is 35.9 Å². The van der Waals surface area contributed by atoms with Crippen LogP contribution in [0.25, 0.3) is 0 Å². The SMILES string of the molecule is CCl.Cc1cnc(OC2CCC(=O)CC2)nc1.Cc1cnc(OC2CCC3(CC2)OCCO3)nc1. The average Bonchev–Trinajstić information content (AvgIpc) is 3.35. The van der Waals surface area contributed by atoms with Gasteiger partial charge in [0.15, 0.2) is 5.79 Å². The summed E-state index contributed by atoms with van der Waals surface area (Å²) in [6.07, 6.45) is 15.2. The Morgan fingerprint density at radius 2 is 1.17 bits per heavy atom. The molecule has 0 unspecified atom stereocenters. The number of nitrogens with zero attached hydrogens (tertiary/aromatic N) is 4. The minimum absolute atomic E-state index is 0.102. The molecule has 0 N–H and O–H groups in total. The van der Waals surface area contributed by atoms with Gasteiger partial charge in [0.05, 0.1) is 13.2 Å². The standard InChI is InChI=1S/C13H18N2O3.C11H14N2O2.CH3Cl/c1-10-8-14-12(15-9-10)18-11-2-4-13(5-3-11)16-6-7-17-13;1-8-6-12-11(13-7-8)15-10-4-2-9(14)3-5-10;1-2/h8-9,11H,2-7H2,1H3;6-7,10H,2-5H2,1H3;1H3. The number of aryl methyl sites for hydroxylation is 2. The smallest absolute Gasteiger partial charge is 0.316 e. The van der Waals surface area contributed by atoms with Gasteiger partial charge in [-0.15, -0.1) is 11.6 Å². The fourth-order valence-electron chi connectivity index (χ4n) is 4.15. The molecular weight excluding hydrogens is 472 g/mol. The summed E-state index contributed by atoms with van der Waals surface area (Å²) in [6, 6.07) is 0.884. The molecule has 1 spiro atoms. The predicted octanol–water partition coefficient (Wildman–Crippen LogP) is 4.38. The second kappa shape index (κ2) is 13.7. The van der Waals surface area contributed by atoms with Gasteiger partial charge in [0.1, 0.15) is 18.0 Å².